The highest BCUT2D eigenvalue weighted by Gasteiger charge is 2.22. The Labute approximate surface area is 144 Å². The van der Waals surface area contributed by atoms with Crippen molar-refractivity contribution in [2.24, 2.45) is 5.73 Å². The lowest BCUT2D eigenvalue weighted by Crippen LogP contribution is -2.24. The second-order valence-electron chi connectivity index (χ2n) is 8.03. The Hall–Kier alpha value is -1.47. The van der Waals surface area contributed by atoms with Gasteiger partial charge >= 0.3 is 5.97 Å². The number of hydrogen-bond acceptors (Lipinski definition) is 7. The van der Waals surface area contributed by atoms with Gasteiger partial charge in [0.15, 0.2) is 0 Å². The second kappa shape index (κ2) is 8.07. The Morgan fingerprint density at radius 2 is 1.71 bits per heavy atom. The summed E-state index contributed by atoms with van der Waals surface area (Å²) in [7, 11) is 0. The Balaban J connectivity index is 2.51. The third kappa shape index (κ3) is 7.88. The average molecular weight is 341 g/mol. The van der Waals surface area contributed by atoms with Crippen LogP contribution >= 0.6 is 0 Å². The molecule has 2 atom stereocenters. The van der Waals surface area contributed by atoms with Crippen molar-refractivity contribution in [1.82, 2.24) is 10.2 Å². The smallest absolute Gasteiger partial charge is 0.306 e. The van der Waals surface area contributed by atoms with Crippen LogP contribution in [0.2, 0.25) is 0 Å². The highest BCUT2D eigenvalue weighted by atomic mass is 16.6. The molecule has 0 aliphatic rings. The molecule has 7 heteroatoms. The highest BCUT2D eigenvalue weighted by molar-refractivity contribution is 5.69. The molecule has 1 heterocycles. The van der Waals surface area contributed by atoms with E-state index in [9.17, 15) is 4.79 Å². The number of aromatic nitrogens is 2. The molecule has 2 N–H and O–H groups in total. The molecule has 7 nitrogen and oxygen atoms in total. The molecular weight excluding hydrogens is 310 g/mol. The average Bonchev–Trinajstić information content (AvgIpc) is 2.89. The summed E-state index contributed by atoms with van der Waals surface area (Å²) in [6, 6.07) is -0.491. The molecule has 0 unspecified atom stereocenters. The lowest BCUT2D eigenvalue weighted by atomic mass is 10.1. The van der Waals surface area contributed by atoms with E-state index in [1.54, 1.807) is 0 Å². The number of nitrogens with two attached hydrogens (primary N) is 1. The van der Waals surface area contributed by atoms with Gasteiger partial charge in [0, 0.05) is 6.42 Å². The molecule has 24 heavy (non-hydrogen) atoms. The molecule has 0 fully saturated rings. The van der Waals surface area contributed by atoms with Crippen LogP contribution in [0, 0.1) is 0 Å². The van der Waals surface area contributed by atoms with Crippen LogP contribution in [0.1, 0.15) is 85.0 Å². The number of carbonyl (C=O) groups excluding carboxylic acids is 1. The van der Waals surface area contributed by atoms with Crippen LogP contribution in [0.25, 0.3) is 0 Å². The van der Waals surface area contributed by atoms with Crippen molar-refractivity contribution in [2.45, 2.75) is 84.5 Å². The summed E-state index contributed by atoms with van der Waals surface area (Å²) in [5.74, 6) is 0.506. The Bertz CT molecular complexity index is 529. The van der Waals surface area contributed by atoms with E-state index in [1.165, 1.54) is 0 Å². The molecular formula is C17H31N3O4. The number of hydrogen-bond donors (Lipinski definition) is 1. The first-order chi connectivity index (χ1) is 10.9. The first-order valence-corrected chi connectivity index (χ1v) is 8.32. The van der Waals surface area contributed by atoms with Gasteiger partial charge in [-0.2, -0.15) is 0 Å². The van der Waals surface area contributed by atoms with Gasteiger partial charge in [0.05, 0.1) is 24.2 Å². The second-order valence-corrected chi connectivity index (χ2v) is 8.03. The normalized spacial score (nSPS) is 15.2. The number of nitrogens with zero attached hydrogens (tertiary/aromatic N) is 2. The molecule has 0 aliphatic carbocycles. The lowest BCUT2D eigenvalue weighted by Gasteiger charge is -2.21. The van der Waals surface area contributed by atoms with Crippen LogP contribution in [-0.2, 0) is 14.3 Å². The predicted molar refractivity (Wildman–Crippen MR) is 90.4 cm³/mol. The minimum absolute atomic E-state index is 0.0245. The molecule has 138 valence electrons. The summed E-state index contributed by atoms with van der Waals surface area (Å²) in [4.78, 5) is 11.7. The van der Waals surface area contributed by atoms with E-state index in [2.05, 4.69) is 10.2 Å². The van der Waals surface area contributed by atoms with Crippen molar-refractivity contribution in [3.05, 3.63) is 11.8 Å². The van der Waals surface area contributed by atoms with E-state index in [0.717, 1.165) is 0 Å². The molecule has 0 radical (unpaired) electrons. The van der Waals surface area contributed by atoms with Gasteiger partial charge in [0.25, 0.3) is 0 Å². The fourth-order valence-corrected chi connectivity index (χ4v) is 1.83. The van der Waals surface area contributed by atoms with E-state index in [-0.39, 0.29) is 23.9 Å². The SMILES string of the molecule is C[C@@H](COC(C)(C)C)c1nnc([C@@H](N)CCC(=O)OC(C)(C)C)o1. The molecule has 1 aromatic heterocycles. The minimum Gasteiger partial charge on any atom is -0.460 e. The summed E-state index contributed by atoms with van der Waals surface area (Å²) in [5.41, 5.74) is 5.31. The van der Waals surface area contributed by atoms with Gasteiger partial charge in [0.2, 0.25) is 11.8 Å². The molecule has 0 spiro atoms. The highest BCUT2D eigenvalue weighted by Crippen LogP contribution is 2.21. The fourth-order valence-electron chi connectivity index (χ4n) is 1.83. The molecule has 0 aromatic carbocycles. The van der Waals surface area contributed by atoms with Gasteiger partial charge in [-0.25, -0.2) is 0 Å². The van der Waals surface area contributed by atoms with Crippen molar-refractivity contribution in [3.63, 3.8) is 0 Å². The van der Waals surface area contributed by atoms with Crippen molar-refractivity contribution < 1.29 is 18.7 Å². The van der Waals surface area contributed by atoms with Gasteiger partial charge in [-0.15, -0.1) is 10.2 Å². The first-order valence-electron chi connectivity index (χ1n) is 8.32. The largest absolute Gasteiger partial charge is 0.460 e. The maximum atomic E-state index is 11.7. The standard InChI is InChI=1S/C17H31N3O4/c1-11(10-22-16(2,3)4)14-19-20-15(23-14)12(18)8-9-13(21)24-17(5,6)7/h11-12H,8-10,18H2,1-7H3/t11-,12-/m0/s1. The fraction of sp³-hybridized carbons (Fsp3) is 0.824. The summed E-state index contributed by atoms with van der Waals surface area (Å²) >= 11 is 0. The maximum Gasteiger partial charge on any atom is 0.306 e. The molecule has 0 saturated carbocycles. The Morgan fingerprint density at radius 3 is 2.25 bits per heavy atom. The molecule has 0 bridgehead atoms. The minimum atomic E-state index is -0.499. The third-order valence-corrected chi connectivity index (χ3v) is 3.04. The van der Waals surface area contributed by atoms with Crippen LogP contribution in [0.4, 0.5) is 0 Å². The zero-order chi connectivity index (χ0) is 18.5. The van der Waals surface area contributed by atoms with Crippen LogP contribution in [0.5, 0.6) is 0 Å². The number of esters is 1. The van der Waals surface area contributed by atoms with E-state index in [4.69, 9.17) is 19.6 Å². The topological polar surface area (TPSA) is 100 Å². The molecule has 0 aliphatic heterocycles. The summed E-state index contributed by atoms with van der Waals surface area (Å²) in [6.45, 7) is 13.9. The number of ether oxygens (including phenoxy) is 2. The molecule has 1 aromatic rings. The Kier molecular flexibility index (Phi) is 6.92. The van der Waals surface area contributed by atoms with E-state index >= 15 is 0 Å². The van der Waals surface area contributed by atoms with Crippen LogP contribution in [-0.4, -0.2) is 34.0 Å². The van der Waals surface area contributed by atoms with Gasteiger partial charge in [0.1, 0.15) is 5.60 Å². The van der Waals surface area contributed by atoms with Crippen molar-refractivity contribution in [1.29, 1.82) is 0 Å². The van der Waals surface area contributed by atoms with Gasteiger partial charge < -0.3 is 19.6 Å². The van der Waals surface area contributed by atoms with Crippen LogP contribution in [0.15, 0.2) is 4.42 Å². The molecule has 0 saturated heterocycles. The maximum absolute atomic E-state index is 11.7. The van der Waals surface area contributed by atoms with Crippen molar-refractivity contribution in [2.75, 3.05) is 6.61 Å². The van der Waals surface area contributed by atoms with E-state index in [0.29, 0.717) is 24.8 Å². The van der Waals surface area contributed by atoms with Gasteiger partial charge in [-0.3, -0.25) is 4.79 Å². The number of carbonyl (C=O) groups is 1. The Morgan fingerprint density at radius 1 is 1.12 bits per heavy atom. The molecule has 0 amide bonds. The third-order valence-electron chi connectivity index (χ3n) is 3.04. The number of rotatable bonds is 7. The quantitative estimate of drug-likeness (QED) is 0.760. The lowest BCUT2D eigenvalue weighted by molar-refractivity contribution is -0.155. The first kappa shape index (κ1) is 20.6. The van der Waals surface area contributed by atoms with Crippen LogP contribution in [0.3, 0.4) is 0 Å². The van der Waals surface area contributed by atoms with Gasteiger partial charge in [-0.1, -0.05) is 6.92 Å². The van der Waals surface area contributed by atoms with Crippen molar-refractivity contribution >= 4 is 5.97 Å². The van der Waals surface area contributed by atoms with Crippen molar-refractivity contribution in [3.8, 4) is 0 Å². The summed E-state index contributed by atoms with van der Waals surface area (Å²) in [5, 5.41) is 8.02. The monoisotopic (exact) mass is 341 g/mol. The molecule has 1 rings (SSSR count). The zero-order valence-electron chi connectivity index (χ0n) is 15.9. The zero-order valence-corrected chi connectivity index (χ0v) is 15.9. The summed E-state index contributed by atoms with van der Waals surface area (Å²) in [6.07, 6.45) is 0.599. The van der Waals surface area contributed by atoms with E-state index in [1.807, 2.05) is 48.5 Å². The summed E-state index contributed by atoms with van der Waals surface area (Å²) < 4.78 is 16.6. The van der Waals surface area contributed by atoms with Crippen LogP contribution < -0.4 is 5.73 Å². The van der Waals surface area contributed by atoms with Gasteiger partial charge in [-0.05, 0) is 48.0 Å². The van der Waals surface area contributed by atoms with E-state index < -0.39 is 11.6 Å². The predicted octanol–water partition coefficient (Wildman–Crippen LogP) is 3.11.